The van der Waals surface area contributed by atoms with Crippen LogP contribution in [0.1, 0.15) is 33.4 Å². The third kappa shape index (κ3) is 1.42. The third-order valence-electron chi connectivity index (χ3n) is 5.42. The number of aryl methyl sites for hydroxylation is 2. The van der Waals surface area contributed by atoms with Gasteiger partial charge in [-0.1, -0.05) is 48.5 Å². The number of fused-ring (bicyclic) bond motifs is 7. The maximum Gasteiger partial charge on any atom is -0.00103 e. The third-order valence-corrected chi connectivity index (χ3v) is 5.42. The van der Waals surface area contributed by atoms with Crippen LogP contribution < -0.4 is 0 Å². The SMILES string of the molecule is Cc1cccc2c1-c1ccc3c(c1C2)Cc1cccc(C)c1-3. The summed E-state index contributed by atoms with van der Waals surface area (Å²) in [5.41, 5.74) is 14.8. The average molecular weight is 282 g/mol. The van der Waals surface area contributed by atoms with Gasteiger partial charge in [0, 0.05) is 0 Å². The fourth-order valence-electron chi connectivity index (χ4n) is 4.47. The lowest BCUT2D eigenvalue weighted by molar-refractivity contribution is 1.16. The van der Waals surface area contributed by atoms with Crippen molar-refractivity contribution in [3.8, 4) is 22.3 Å². The largest absolute Gasteiger partial charge is 0.0617 e. The zero-order valence-electron chi connectivity index (χ0n) is 13.0. The first-order chi connectivity index (χ1) is 10.7. The molecule has 0 spiro atoms. The molecule has 0 amide bonds. The molecule has 3 aromatic rings. The van der Waals surface area contributed by atoms with E-state index in [4.69, 9.17) is 0 Å². The lowest BCUT2D eigenvalue weighted by Gasteiger charge is -2.10. The molecule has 0 radical (unpaired) electrons. The Hall–Kier alpha value is -2.34. The van der Waals surface area contributed by atoms with Crippen molar-refractivity contribution in [3.05, 3.63) is 81.9 Å². The highest BCUT2D eigenvalue weighted by Crippen LogP contribution is 2.47. The van der Waals surface area contributed by atoms with Gasteiger partial charge in [-0.15, -0.1) is 0 Å². The standard InChI is InChI=1S/C22H18/c1-13-5-3-7-15-11-19-17(21(13)15)9-10-18-20(19)12-16-8-4-6-14(2)22(16)18/h3-10H,11-12H2,1-2H3. The molecule has 22 heavy (non-hydrogen) atoms. The summed E-state index contributed by atoms with van der Waals surface area (Å²) in [6.07, 6.45) is 2.20. The number of benzene rings is 3. The van der Waals surface area contributed by atoms with Crippen LogP contribution in [0.2, 0.25) is 0 Å². The lowest BCUT2D eigenvalue weighted by atomic mass is 9.94. The molecular formula is C22H18. The van der Waals surface area contributed by atoms with Gasteiger partial charge in [-0.2, -0.15) is 0 Å². The number of hydrogen-bond donors (Lipinski definition) is 0. The van der Waals surface area contributed by atoms with Crippen LogP contribution in [-0.2, 0) is 12.8 Å². The van der Waals surface area contributed by atoms with Gasteiger partial charge in [0.2, 0.25) is 0 Å². The van der Waals surface area contributed by atoms with Crippen molar-refractivity contribution in [2.45, 2.75) is 26.7 Å². The quantitative estimate of drug-likeness (QED) is 0.354. The summed E-state index contributed by atoms with van der Waals surface area (Å²) >= 11 is 0. The highest BCUT2D eigenvalue weighted by molar-refractivity contribution is 5.88. The molecule has 0 unspecified atom stereocenters. The predicted octanol–water partition coefficient (Wildman–Crippen LogP) is 5.45. The number of rotatable bonds is 0. The molecule has 2 aliphatic carbocycles. The molecule has 0 fully saturated rings. The molecule has 0 saturated carbocycles. The molecule has 0 saturated heterocycles. The fourth-order valence-corrected chi connectivity index (χ4v) is 4.47. The van der Waals surface area contributed by atoms with E-state index in [1.165, 1.54) is 44.5 Å². The van der Waals surface area contributed by atoms with E-state index in [-0.39, 0.29) is 0 Å². The second-order valence-corrected chi connectivity index (χ2v) is 6.69. The molecule has 0 aromatic heterocycles. The summed E-state index contributed by atoms with van der Waals surface area (Å²) in [5, 5.41) is 0. The average Bonchev–Trinajstić information content (AvgIpc) is 3.06. The Morgan fingerprint density at radius 3 is 1.50 bits per heavy atom. The van der Waals surface area contributed by atoms with E-state index in [0.717, 1.165) is 12.8 Å². The monoisotopic (exact) mass is 282 g/mol. The second-order valence-electron chi connectivity index (χ2n) is 6.69. The molecule has 0 nitrogen and oxygen atoms in total. The summed E-state index contributed by atoms with van der Waals surface area (Å²) in [4.78, 5) is 0. The molecule has 0 N–H and O–H groups in total. The van der Waals surface area contributed by atoms with E-state index in [1.54, 1.807) is 11.1 Å². The van der Waals surface area contributed by atoms with Crippen LogP contribution in [-0.4, -0.2) is 0 Å². The predicted molar refractivity (Wildman–Crippen MR) is 92.4 cm³/mol. The van der Waals surface area contributed by atoms with Crippen molar-refractivity contribution in [2.24, 2.45) is 0 Å². The smallest absolute Gasteiger partial charge is 0.00103 e. The lowest BCUT2D eigenvalue weighted by Crippen LogP contribution is -1.90. The molecule has 0 aliphatic heterocycles. The van der Waals surface area contributed by atoms with Crippen LogP contribution >= 0.6 is 0 Å². The van der Waals surface area contributed by atoms with Crippen molar-refractivity contribution in [3.63, 3.8) is 0 Å². The first kappa shape index (κ1) is 12.2. The van der Waals surface area contributed by atoms with E-state index in [9.17, 15) is 0 Å². The molecule has 0 heteroatoms. The Kier molecular flexibility index (Phi) is 2.28. The van der Waals surface area contributed by atoms with Gasteiger partial charge in [0.1, 0.15) is 0 Å². The molecule has 0 bridgehead atoms. The number of hydrogen-bond acceptors (Lipinski definition) is 0. The molecule has 2 aliphatic rings. The van der Waals surface area contributed by atoms with Gasteiger partial charge in [0.15, 0.2) is 0 Å². The van der Waals surface area contributed by atoms with Crippen LogP contribution in [0.3, 0.4) is 0 Å². The van der Waals surface area contributed by atoms with E-state index in [2.05, 4.69) is 62.4 Å². The van der Waals surface area contributed by atoms with Gasteiger partial charge >= 0.3 is 0 Å². The Balaban J connectivity index is 1.79. The second kappa shape index (κ2) is 4.10. The van der Waals surface area contributed by atoms with Crippen molar-refractivity contribution in [1.82, 2.24) is 0 Å². The highest BCUT2D eigenvalue weighted by atomic mass is 14.3. The first-order valence-corrected chi connectivity index (χ1v) is 8.06. The fraction of sp³-hybridized carbons (Fsp3) is 0.182. The summed E-state index contributed by atoms with van der Waals surface area (Å²) in [5.74, 6) is 0. The van der Waals surface area contributed by atoms with Crippen LogP contribution in [0.25, 0.3) is 22.3 Å². The Morgan fingerprint density at radius 1 is 0.591 bits per heavy atom. The maximum absolute atomic E-state index is 2.36. The van der Waals surface area contributed by atoms with Crippen LogP contribution in [0.4, 0.5) is 0 Å². The van der Waals surface area contributed by atoms with Crippen LogP contribution in [0, 0.1) is 13.8 Å². The molecular weight excluding hydrogens is 264 g/mol. The maximum atomic E-state index is 2.36. The van der Waals surface area contributed by atoms with Gasteiger partial charge in [0.25, 0.3) is 0 Å². The summed E-state index contributed by atoms with van der Waals surface area (Å²) in [6.45, 7) is 4.47. The minimum Gasteiger partial charge on any atom is -0.0617 e. The molecule has 106 valence electrons. The van der Waals surface area contributed by atoms with Crippen molar-refractivity contribution >= 4 is 0 Å². The van der Waals surface area contributed by atoms with Crippen LogP contribution in [0.15, 0.2) is 48.5 Å². The van der Waals surface area contributed by atoms with Gasteiger partial charge < -0.3 is 0 Å². The van der Waals surface area contributed by atoms with Gasteiger partial charge in [0.05, 0.1) is 0 Å². The Bertz CT molecular complexity index is 866. The molecule has 0 heterocycles. The zero-order chi connectivity index (χ0) is 14.8. The molecule has 0 atom stereocenters. The highest BCUT2D eigenvalue weighted by Gasteiger charge is 2.28. The Morgan fingerprint density at radius 2 is 1.05 bits per heavy atom. The summed E-state index contributed by atoms with van der Waals surface area (Å²) in [7, 11) is 0. The minimum absolute atomic E-state index is 1.10. The molecule has 3 aromatic carbocycles. The van der Waals surface area contributed by atoms with E-state index in [1.807, 2.05) is 0 Å². The van der Waals surface area contributed by atoms with E-state index < -0.39 is 0 Å². The molecule has 5 rings (SSSR count). The van der Waals surface area contributed by atoms with Crippen molar-refractivity contribution in [1.29, 1.82) is 0 Å². The van der Waals surface area contributed by atoms with Crippen molar-refractivity contribution in [2.75, 3.05) is 0 Å². The van der Waals surface area contributed by atoms with Gasteiger partial charge in [-0.3, -0.25) is 0 Å². The van der Waals surface area contributed by atoms with E-state index >= 15 is 0 Å². The van der Waals surface area contributed by atoms with Crippen LogP contribution in [0.5, 0.6) is 0 Å². The van der Waals surface area contributed by atoms with E-state index in [0.29, 0.717) is 0 Å². The summed E-state index contributed by atoms with van der Waals surface area (Å²) in [6, 6.07) is 18.2. The van der Waals surface area contributed by atoms with Gasteiger partial charge in [-0.05, 0) is 82.3 Å². The first-order valence-electron chi connectivity index (χ1n) is 8.06. The normalized spacial score (nSPS) is 13.5. The summed E-state index contributed by atoms with van der Waals surface area (Å²) < 4.78 is 0. The van der Waals surface area contributed by atoms with Gasteiger partial charge in [-0.25, -0.2) is 0 Å². The topological polar surface area (TPSA) is 0 Å². The minimum atomic E-state index is 1.10. The Labute approximate surface area is 131 Å². The zero-order valence-corrected chi connectivity index (χ0v) is 13.0. The van der Waals surface area contributed by atoms with Crippen molar-refractivity contribution < 1.29 is 0 Å².